The van der Waals surface area contributed by atoms with E-state index in [-0.39, 0.29) is 12.1 Å². The summed E-state index contributed by atoms with van der Waals surface area (Å²) < 4.78 is 0. The van der Waals surface area contributed by atoms with Crippen LogP contribution in [0.5, 0.6) is 0 Å². The number of hydrogen-bond donors (Lipinski definition) is 2. The van der Waals surface area contributed by atoms with Crippen molar-refractivity contribution in [1.82, 2.24) is 25.2 Å². The topological polar surface area (TPSA) is 77.2 Å². The molecule has 2 N–H and O–H groups in total. The molecule has 2 aromatic carbocycles. The highest BCUT2D eigenvalue weighted by atomic mass is 35.5. The second kappa shape index (κ2) is 9.47. The van der Waals surface area contributed by atoms with Gasteiger partial charge in [-0.1, -0.05) is 53.6 Å². The Morgan fingerprint density at radius 3 is 2.61 bits per heavy atom. The number of nitrogens with zero attached hydrogens (tertiary/aromatic N) is 4. The molecular weight excluding hydrogens is 472 g/mol. The van der Waals surface area contributed by atoms with Gasteiger partial charge in [0.2, 0.25) is 0 Å². The van der Waals surface area contributed by atoms with Crippen LogP contribution in [0.1, 0.15) is 37.9 Å². The highest BCUT2D eigenvalue weighted by Gasteiger charge is 2.38. The van der Waals surface area contributed by atoms with Crippen LogP contribution >= 0.6 is 11.6 Å². The number of anilines is 1. The van der Waals surface area contributed by atoms with Gasteiger partial charge in [-0.25, -0.2) is 14.8 Å². The van der Waals surface area contributed by atoms with Crippen LogP contribution in [0.25, 0.3) is 22.3 Å². The van der Waals surface area contributed by atoms with E-state index in [1.54, 1.807) is 6.33 Å². The number of H-pyrrole nitrogens is 1. The average Bonchev–Trinajstić information content (AvgIpc) is 3.28. The van der Waals surface area contributed by atoms with Crippen molar-refractivity contribution in [3.8, 4) is 11.3 Å². The molecule has 1 aliphatic rings. The maximum Gasteiger partial charge on any atom is 0.318 e. The minimum absolute atomic E-state index is 0.0803. The average molecular weight is 503 g/mol. The van der Waals surface area contributed by atoms with Gasteiger partial charge in [0, 0.05) is 30.4 Å². The summed E-state index contributed by atoms with van der Waals surface area (Å²) in [6.07, 6.45) is 1.60. The second-order valence-corrected chi connectivity index (χ2v) is 10.6. The van der Waals surface area contributed by atoms with Crippen molar-refractivity contribution in [2.45, 2.75) is 39.3 Å². The molecule has 36 heavy (non-hydrogen) atoms. The van der Waals surface area contributed by atoms with Gasteiger partial charge in [-0.2, -0.15) is 0 Å². The van der Waals surface area contributed by atoms with E-state index in [1.165, 1.54) is 5.56 Å². The van der Waals surface area contributed by atoms with E-state index >= 15 is 0 Å². The fourth-order valence-electron chi connectivity index (χ4n) is 4.90. The van der Waals surface area contributed by atoms with Gasteiger partial charge in [-0.05, 0) is 57.0 Å². The first-order valence-electron chi connectivity index (χ1n) is 12.2. The Hall–Kier alpha value is -3.58. The van der Waals surface area contributed by atoms with Crippen molar-refractivity contribution < 1.29 is 4.79 Å². The van der Waals surface area contributed by atoms with E-state index in [1.807, 2.05) is 36.1 Å². The van der Waals surface area contributed by atoms with E-state index in [2.05, 4.69) is 76.3 Å². The number of rotatable bonds is 4. The van der Waals surface area contributed by atoms with Gasteiger partial charge in [-0.15, -0.1) is 0 Å². The first-order chi connectivity index (χ1) is 17.2. The fourth-order valence-corrected chi connectivity index (χ4v) is 5.10. The number of urea groups is 1. The first-order valence-corrected chi connectivity index (χ1v) is 12.6. The molecule has 2 aromatic heterocycles. The Balaban J connectivity index is 1.34. The van der Waals surface area contributed by atoms with Gasteiger partial charge in [0.15, 0.2) is 0 Å². The highest BCUT2D eigenvalue weighted by Crippen LogP contribution is 2.32. The lowest BCUT2D eigenvalue weighted by molar-refractivity contribution is 0.121. The van der Waals surface area contributed by atoms with Crippen molar-refractivity contribution >= 4 is 34.5 Å². The van der Waals surface area contributed by atoms with E-state index in [0.29, 0.717) is 24.7 Å². The standard InChI is InChI=1S/C28H31ClN6O/c1-18-8-10-20(11-9-18)24-15-23-25(33-24)30-17-31-26(23)34-12-13-35(28(3,4)16-34)27(36)32-19(2)21-6-5-7-22(29)14-21/h5-11,14-15,17,19H,12-13,16H2,1-4H3,(H,32,36)(H,30,31,33)/t19-/m0/s1. The summed E-state index contributed by atoms with van der Waals surface area (Å²) in [7, 11) is 0. The molecule has 0 radical (unpaired) electrons. The number of fused-ring (bicyclic) bond motifs is 1. The van der Waals surface area contributed by atoms with Crippen LogP contribution in [-0.2, 0) is 0 Å². The van der Waals surface area contributed by atoms with Gasteiger partial charge in [0.1, 0.15) is 17.8 Å². The van der Waals surface area contributed by atoms with Crippen molar-refractivity contribution in [3.63, 3.8) is 0 Å². The molecule has 0 unspecified atom stereocenters. The maximum atomic E-state index is 13.3. The zero-order valence-electron chi connectivity index (χ0n) is 21.0. The van der Waals surface area contributed by atoms with Gasteiger partial charge < -0.3 is 20.1 Å². The first kappa shape index (κ1) is 24.1. The van der Waals surface area contributed by atoms with Gasteiger partial charge in [0.25, 0.3) is 0 Å². The molecule has 1 aliphatic heterocycles. The number of amides is 2. The van der Waals surface area contributed by atoms with Gasteiger partial charge in [-0.3, -0.25) is 0 Å². The van der Waals surface area contributed by atoms with Crippen LogP contribution in [0.4, 0.5) is 10.6 Å². The van der Waals surface area contributed by atoms with E-state index < -0.39 is 5.54 Å². The third kappa shape index (κ3) is 4.75. The lowest BCUT2D eigenvalue weighted by Gasteiger charge is -2.47. The van der Waals surface area contributed by atoms with Gasteiger partial charge >= 0.3 is 6.03 Å². The Labute approximate surface area is 216 Å². The summed E-state index contributed by atoms with van der Waals surface area (Å²) in [5.41, 5.74) is 4.74. The maximum absolute atomic E-state index is 13.3. The molecule has 1 saturated heterocycles. The third-order valence-corrected chi connectivity index (χ3v) is 7.14. The van der Waals surface area contributed by atoms with Crippen LogP contribution < -0.4 is 10.2 Å². The van der Waals surface area contributed by atoms with Gasteiger partial charge in [0.05, 0.1) is 17.0 Å². The minimum Gasteiger partial charge on any atom is -0.352 e. The molecule has 1 atom stereocenters. The molecule has 0 spiro atoms. The molecule has 2 amide bonds. The predicted octanol–water partition coefficient (Wildman–Crippen LogP) is 5.96. The Morgan fingerprint density at radius 2 is 1.89 bits per heavy atom. The van der Waals surface area contributed by atoms with E-state index in [0.717, 1.165) is 33.7 Å². The molecule has 186 valence electrons. The molecule has 0 bridgehead atoms. The molecular formula is C28H31ClN6O. The lowest BCUT2D eigenvalue weighted by Crippen LogP contribution is -2.63. The van der Waals surface area contributed by atoms with Crippen LogP contribution in [0, 0.1) is 6.92 Å². The number of piperazine rings is 1. The summed E-state index contributed by atoms with van der Waals surface area (Å²) in [5.74, 6) is 0.884. The van der Waals surface area contributed by atoms with Crippen LogP contribution in [0.15, 0.2) is 60.9 Å². The largest absolute Gasteiger partial charge is 0.352 e. The predicted molar refractivity (Wildman–Crippen MR) is 145 cm³/mol. The summed E-state index contributed by atoms with van der Waals surface area (Å²) >= 11 is 6.14. The normalized spacial score (nSPS) is 16.2. The smallest absolute Gasteiger partial charge is 0.318 e. The summed E-state index contributed by atoms with van der Waals surface area (Å²) in [5, 5.41) is 4.78. The lowest BCUT2D eigenvalue weighted by atomic mass is 9.98. The zero-order chi connectivity index (χ0) is 25.4. The number of hydrogen-bond acceptors (Lipinski definition) is 4. The van der Waals surface area contributed by atoms with Crippen LogP contribution in [0.3, 0.4) is 0 Å². The van der Waals surface area contributed by atoms with Crippen molar-refractivity contribution in [1.29, 1.82) is 0 Å². The number of carbonyl (C=O) groups excluding carboxylic acids is 1. The van der Waals surface area contributed by atoms with Crippen molar-refractivity contribution in [2.24, 2.45) is 0 Å². The monoisotopic (exact) mass is 502 g/mol. The van der Waals surface area contributed by atoms with Crippen LogP contribution in [-0.4, -0.2) is 51.1 Å². The number of benzene rings is 2. The van der Waals surface area contributed by atoms with Crippen molar-refractivity contribution in [3.05, 3.63) is 77.1 Å². The Morgan fingerprint density at radius 1 is 1.11 bits per heavy atom. The van der Waals surface area contributed by atoms with Crippen molar-refractivity contribution in [2.75, 3.05) is 24.5 Å². The Kier molecular flexibility index (Phi) is 6.35. The summed E-state index contributed by atoms with van der Waals surface area (Å²) in [4.78, 5) is 30.0. The van der Waals surface area contributed by atoms with E-state index in [9.17, 15) is 4.79 Å². The SMILES string of the molecule is Cc1ccc(-c2cc3c(N4CCN(C(=O)N[C@@H](C)c5cccc(Cl)c5)C(C)(C)C4)ncnc3[nH]2)cc1. The number of aromatic nitrogens is 3. The summed E-state index contributed by atoms with van der Waals surface area (Å²) in [6, 6.07) is 17.9. The molecule has 1 fully saturated rings. The minimum atomic E-state index is -0.399. The molecule has 0 aliphatic carbocycles. The molecule has 8 heteroatoms. The summed E-state index contributed by atoms with van der Waals surface area (Å²) in [6.45, 7) is 10.2. The number of aryl methyl sites for hydroxylation is 1. The Bertz CT molecular complexity index is 1400. The second-order valence-electron chi connectivity index (χ2n) is 10.1. The molecule has 7 nitrogen and oxygen atoms in total. The molecule has 4 aromatic rings. The molecule has 5 rings (SSSR count). The zero-order valence-corrected chi connectivity index (χ0v) is 21.8. The number of aromatic amines is 1. The van der Waals surface area contributed by atoms with E-state index in [4.69, 9.17) is 11.6 Å². The molecule has 3 heterocycles. The highest BCUT2D eigenvalue weighted by molar-refractivity contribution is 6.30. The van der Waals surface area contributed by atoms with Crippen LogP contribution in [0.2, 0.25) is 5.02 Å². The number of halogens is 1. The number of carbonyl (C=O) groups is 1. The number of nitrogens with one attached hydrogen (secondary N) is 2. The molecule has 0 saturated carbocycles. The third-order valence-electron chi connectivity index (χ3n) is 6.90. The fraction of sp³-hybridized carbons (Fsp3) is 0.321. The quantitative estimate of drug-likeness (QED) is 0.361.